The van der Waals surface area contributed by atoms with Gasteiger partial charge in [-0.1, -0.05) is 0 Å². The first-order valence-corrected chi connectivity index (χ1v) is 11.9. The van der Waals surface area contributed by atoms with E-state index >= 15 is 0 Å². The highest BCUT2D eigenvalue weighted by Gasteiger charge is 2.45. The standard InChI is InChI=1S/C21H26N6O3S/c1-13(2)27-16-8-15(20(28)24-21(3)11-31(29,30)12-21)10-23-19(16)18(25-27)14-6-7-22-17(9-14)26(4)5/h6-10,13H,11-12H2,1-5H3,(H,24,28). The molecule has 0 unspecified atom stereocenters. The van der Waals surface area contributed by atoms with Gasteiger partial charge in [0.15, 0.2) is 9.84 Å². The summed E-state index contributed by atoms with van der Waals surface area (Å²) >= 11 is 0. The average molecular weight is 443 g/mol. The van der Waals surface area contributed by atoms with Crippen LogP contribution in [0.25, 0.3) is 22.3 Å². The maximum absolute atomic E-state index is 12.8. The van der Waals surface area contributed by atoms with Crippen molar-refractivity contribution in [1.82, 2.24) is 25.1 Å². The van der Waals surface area contributed by atoms with Crippen molar-refractivity contribution in [3.8, 4) is 11.3 Å². The lowest BCUT2D eigenvalue weighted by atomic mass is 10.1. The van der Waals surface area contributed by atoms with E-state index in [0.717, 1.165) is 22.6 Å². The lowest BCUT2D eigenvalue weighted by Gasteiger charge is -2.38. The normalized spacial score (nSPS) is 16.8. The second-order valence-electron chi connectivity index (χ2n) is 8.82. The van der Waals surface area contributed by atoms with Crippen LogP contribution in [-0.2, 0) is 9.84 Å². The molecule has 31 heavy (non-hydrogen) atoms. The molecule has 1 aliphatic heterocycles. The second kappa shape index (κ2) is 7.30. The largest absolute Gasteiger partial charge is 0.363 e. The van der Waals surface area contributed by atoms with Gasteiger partial charge in [-0.3, -0.25) is 14.5 Å². The third kappa shape index (κ3) is 3.99. The van der Waals surface area contributed by atoms with Crippen molar-refractivity contribution >= 4 is 32.6 Å². The van der Waals surface area contributed by atoms with Crippen molar-refractivity contribution in [3.63, 3.8) is 0 Å². The molecule has 0 radical (unpaired) electrons. The minimum absolute atomic E-state index is 0.0499. The fraction of sp³-hybridized carbons (Fsp3) is 0.429. The summed E-state index contributed by atoms with van der Waals surface area (Å²) in [6, 6.07) is 5.66. The highest BCUT2D eigenvalue weighted by Crippen LogP contribution is 2.30. The van der Waals surface area contributed by atoms with Crippen molar-refractivity contribution in [3.05, 3.63) is 36.2 Å². The highest BCUT2D eigenvalue weighted by molar-refractivity contribution is 7.93. The Bertz CT molecular complexity index is 1270. The Labute approximate surface area is 181 Å². The lowest BCUT2D eigenvalue weighted by Crippen LogP contribution is -2.63. The summed E-state index contributed by atoms with van der Waals surface area (Å²) in [5.74, 6) is 0.366. The van der Waals surface area contributed by atoms with Crippen LogP contribution in [0.4, 0.5) is 5.82 Å². The molecular formula is C21H26N6O3S. The monoisotopic (exact) mass is 442 g/mol. The van der Waals surface area contributed by atoms with E-state index in [2.05, 4.69) is 15.3 Å². The molecule has 9 nitrogen and oxygen atoms in total. The molecular weight excluding hydrogens is 416 g/mol. The summed E-state index contributed by atoms with van der Waals surface area (Å²) < 4.78 is 24.9. The summed E-state index contributed by atoms with van der Waals surface area (Å²) in [4.78, 5) is 23.6. The van der Waals surface area contributed by atoms with Gasteiger partial charge in [0.05, 0.1) is 28.1 Å². The fourth-order valence-corrected chi connectivity index (χ4v) is 5.89. The Morgan fingerprint density at radius 1 is 1.23 bits per heavy atom. The summed E-state index contributed by atoms with van der Waals surface area (Å²) in [5, 5.41) is 7.61. The fourth-order valence-electron chi connectivity index (χ4n) is 3.89. The predicted octanol–water partition coefficient (Wildman–Crippen LogP) is 2.06. The number of aromatic nitrogens is 4. The van der Waals surface area contributed by atoms with E-state index in [9.17, 15) is 13.2 Å². The number of hydrogen-bond donors (Lipinski definition) is 1. The van der Waals surface area contributed by atoms with Gasteiger partial charge in [0.25, 0.3) is 5.91 Å². The molecule has 3 aromatic heterocycles. The minimum atomic E-state index is -3.06. The third-order valence-electron chi connectivity index (χ3n) is 5.27. The van der Waals surface area contributed by atoms with E-state index in [1.807, 2.05) is 49.7 Å². The molecule has 0 atom stereocenters. The molecule has 1 amide bonds. The number of nitrogens with zero attached hydrogens (tertiary/aromatic N) is 5. The summed E-state index contributed by atoms with van der Waals surface area (Å²) in [6.45, 7) is 5.77. The molecule has 164 valence electrons. The Morgan fingerprint density at radius 3 is 2.55 bits per heavy atom. The topological polar surface area (TPSA) is 110 Å². The molecule has 0 aromatic carbocycles. The molecule has 0 spiro atoms. The van der Waals surface area contributed by atoms with E-state index in [4.69, 9.17) is 5.10 Å². The van der Waals surface area contributed by atoms with Crippen LogP contribution in [0.15, 0.2) is 30.6 Å². The Morgan fingerprint density at radius 2 is 1.94 bits per heavy atom. The van der Waals surface area contributed by atoms with Gasteiger partial charge in [-0.05, 0) is 39.0 Å². The number of nitrogens with one attached hydrogen (secondary N) is 1. The van der Waals surface area contributed by atoms with Crippen LogP contribution >= 0.6 is 0 Å². The SMILES string of the molecule is CC(C)n1nc(-c2ccnc(N(C)C)c2)c2ncc(C(=O)NC3(C)CS(=O)(=O)C3)cc21. The van der Waals surface area contributed by atoms with E-state index in [0.29, 0.717) is 11.1 Å². The number of carbonyl (C=O) groups excluding carboxylic acids is 1. The van der Waals surface area contributed by atoms with Crippen LogP contribution in [0.1, 0.15) is 37.2 Å². The number of hydrogen-bond acceptors (Lipinski definition) is 7. The van der Waals surface area contributed by atoms with E-state index in [1.165, 1.54) is 6.20 Å². The van der Waals surface area contributed by atoms with E-state index in [-0.39, 0.29) is 23.5 Å². The van der Waals surface area contributed by atoms with Crippen LogP contribution in [0.2, 0.25) is 0 Å². The summed E-state index contributed by atoms with van der Waals surface area (Å²) in [5.41, 5.74) is 2.67. The van der Waals surface area contributed by atoms with Crippen molar-refractivity contribution in [2.75, 3.05) is 30.5 Å². The van der Waals surface area contributed by atoms with Gasteiger partial charge in [-0.2, -0.15) is 5.10 Å². The van der Waals surface area contributed by atoms with Gasteiger partial charge in [0, 0.05) is 38.1 Å². The van der Waals surface area contributed by atoms with Crippen molar-refractivity contribution in [1.29, 1.82) is 0 Å². The number of carbonyl (C=O) groups is 1. The quantitative estimate of drug-likeness (QED) is 0.644. The molecule has 4 rings (SSSR count). The first-order valence-electron chi connectivity index (χ1n) is 10.0. The molecule has 4 heterocycles. The van der Waals surface area contributed by atoms with Crippen LogP contribution in [0, 0.1) is 0 Å². The number of fused-ring (bicyclic) bond motifs is 1. The Hall–Kier alpha value is -3.01. The van der Waals surface area contributed by atoms with Crippen molar-refractivity contribution in [2.45, 2.75) is 32.4 Å². The van der Waals surface area contributed by atoms with Crippen LogP contribution in [0.5, 0.6) is 0 Å². The predicted molar refractivity (Wildman–Crippen MR) is 120 cm³/mol. The zero-order valence-electron chi connectivity index (χ0n) is 18.2. The average Bonchev–Trinajstić information content (AvgIpc) is 3.05. The van der Waals surface area contributed by atoms with Crippen LogP contribution in [-0.4, -0.2) is 65.2 Å². The van der Waals surface area contributed by atoms with Gasteiger partial charge in [0.1, 0.15) is 17.0 Å². The molecule has 1 N–H and O–H groups in total. The number of amides is 1. The van der Waals surface area contributed by atoms with Crippen LogP contribution in [0.3, 0.4) is 0 Å². The summed E-state index contributed by atoms with van der Waals surface area (Å²) in [7, 11) is 0.789. The molecule has 0 aliphatic carbocycles. The molecule has 1 saturated heterocycles. The Kier molecular flexibility index (Phi) is 5.00. The highest BCUT2D eigenvalue weighted by atomic mass is 32.2. The molecule has 10 heteroatoms. The lowest BCUT2D eigenvalue weighted by molar-refractivity contribution is 0.0916. The van der Waals surface area contributed by atoms with Gasteiger partial charge >= 0.3 is 0 Å². The smallest absolute Gasteiger partial charge is 0.253 e. The van der Waals surface area contributed by atoms with E-state index < -0.39 is 15.4 Å². The number of pyridine rings is 2. The minimum Gasteiger partial charge on any atom is -0.363 e. The molecule has 1 fully saturated rings. The maximum Gasteiger partial charge on any atom is 0.253 e. The van der Waals surface area contributed by atoms with E-state index in [1.54, 1.807) is 19.2 Å². The maximum atomic E-state index is 12.8. The van der Waals surface area contributed by atoms with Crippen LogP contribution < -0.4 is 10.2 Å². The molecule has 1 aliphatic rings. The zero-order valence-corrected chi connectivity index (χ0v) is 19.1. The van der Waals surface area contributed by atoms with Gasteiger partial charge in [0.2, 0.25) is 0 Å². The number of rotatable bonds is 5. The van der Waals surface area contributed by atoms with Gasteiger partial charge in [-0.25, -0.2) is 13.4 Å². The molecule has 3 aromatic rings. The first-order chi connectivity index (χ1) is 14.5. The van der Waals surface area contributed by atoms with Gasteiger partial charge < -0.3 is 10.2 Å². The second-order valence-corrected chi connectivity index (χ2v) is 10.9. The third-order valence-corrected chi connectivity index (χ3v) is 7.42. The van der Waals surface area contributed by atoms with Crippen molar-refractivity contribution in [2.24, 2.45) is 0 Å². The first kappa shape index (κ1) is 21.2. The zero-order chi connectivity index (χ0) is 22.6. The number of anilines is 1. The number of sulfone groups is 1. The van der Waals surface area contributed by atoms with Crippen molar-refractivity contribution < 1.29 is 13.2 Å². The molecule has 0 saturated carbocycles. The van der Waals surface area contributed by atoms with Gasteiger partial charge in [-0.15, -0.1) is 0 Å². The summed E-state index contributed by atoms with van der Waals surface area (Å²) in [6.07, 6.45) is 3.25. The Balaban J connectivity index is 1.74. The molecule has 0 bridgehead atoms.